The maximum atomic E-state index is 6.26. The van der Waals surface area contributed by atoms with E-state index in [9.17, 15) is 0 Å². The second-order valence-electron chi connectivity index (χ2n) is 4.83. The van der Waals surface area contributed by atoms with Crippen LogP contribution in [0.1, 0.15) is 17.4 Å². The molecule has 5 heteroatoms. The molecular formula is C14H17N5. The lowest BCUT2D eigenvalue weighted by atomic mass is 10.1. The number of para-hydroxylation sites is 1. The molecule has 19 heavy (non-hydrogen) atoms. The summed E-state index contributed by atoms with van der Waals surface area (Å²) in [5.41, 5.74) is 9.45. The summed E-state index contributed by atoms with van der Waals surface area (Å²) in [6, 6.07) is 8.12. The molecule has 0 bridgehead atoms. The molecular weight excluding hydrogens is 238 g/mol. The number of rotatable bonds is 3. The van der Waals surface area contributed by atoms with Crippen LogP contribution in [0, 0.1) is 0 Å². The SMILES string of the molecule is Cn1cncc1C(N)Cc1nn(C)c2ccccc12. The Morgan fingerprint density at radius 2 is 2.05 bits per heavy atom. The van der Waals surface area contributed by atoms with Gasteiger partial charge in [-0.05, 0) is 6.07 Å². The Balaban J connectivity index is 1.96. The van der Waals surface area contributed by atoms with Crippen LogP contribution in [0.4, 0.5) is 0 Å². The highest BCUT2D eigenvalue weighted by Crippen LogP contribution is 2.22. The fourth-order valence-corrected chi connectivity index (χ4v) is 2.48. The largest absolute Gasteiger partial charge is 0.336 e. The van der Waals surface area contributed by atoms with Gasteiger partial charge in [-0.2, -0.15) is 5.10 Å². The van der Waals surface area contributed by atoms with E-state index < -0.39 is 0 Å². The van der Waals surface area contributed by atoms with Gasteiger partial charge in [-0.3, -0.25) is 4.68 Å². The summed E-state index contributed by atoms with van der Waals surface area (Å²) in [5, 5.41) is 5.75. The third-order valence-electron chi connectivity index (χ3n) is 3.48. The van der Waals surface area contributed by atoms with Crippen molar-refractivity contribution in [3.63, 3.8) is 0 Å². The normalized spacial score (nSPS) is 13.0. The van der Waals surface area contributed by atoms with Crippen LogP contribution >= 0.6 is 0 Å². The molecule has 2 heterocycles. The van der Waals surface area contributed by atoms with E-state index in [0.29, 0.717) is 6.42 Å². The molecule has 98 valence electrons. The average molecular weight is 255 g/mol. The van der Waals surface area contributed by atoms with Gasteiger partial charge in [0.2, 0.25) is 0 Å². The van der Waals surface area contributed by atoms with Gasteiger partial charge in [0.15, 0.2) is 0 Å². The van der Waals surface area contributed by atoms with E-state index in [2.05, 4.69) is 22.2 Å². The van der Waals surface area contributed by atoms with Crippen molar-refractivity contribution in [2.75, 3.05) is 0 Å². The highest BCUT2D eigenvalue weighted by molar-refractivity contribution is 5.81. The number of aryl methyl sites for hydroxylation is 2. The molecule has 0 saturated heterocycles. The smallest absolute Gasteiger partial charge is 0.0946 e. The van der Waals surface area contributed by atoms with Crippen molar-refractivity contribution in [1.29, 1.82) is 0 Å². The lowest BCUT2D eigenvalue weighted by molar-refractivity contribution is 0.637. The maximum Gasteiger partial charge on any atom is 0.0946 e. The van der Waals surface area contributed by atoms with Crippen LogP contribution in [0.5, 0.6) is 0 Å². The zero-order chi connectivity index (χ0) is 13.4. The van der Waals surface area contributed by atoms with E-state index in [1.807, 2.05) is 41.7 Å². The van der Waals surface area contributed by atoms with E-state index in [1.54, 1.807) is 6.33 Å². The molecule has 0 aliphatic heterocycles. The van der Waals surface area contributed by atoms with Gasteiger partial charge in [0.1, 0.15) is 0 Å². The zero-order valence-electron chi connectivity index (χ0n) is 11.1. The molecule has 3 aromatic rings. The van der Waals surface area contributed by atoms with E-state index in [4.69, 9.17) is 5.73 Å². The van der Waals surface area contributed by atoms with Crippen molar-refractivity contribution in [2.45, 2.75) is 12.5 Å². The van der Waals surface area contributed by atoms with Crippen molar-refractivity contribution in [3.8, 4) is 0 Å². The van der Waals surface area contributed by atoms with Gasteiger partial charge in [0.25, 0.3) is 0 Å². The van der Waals surface area contributed by atoms with E-state index in [-0.39, 0.29) is 6.04 Å². The molecule has 0 spiro atoms. The molecule has 1 unspecified atom stereocenters. The molecule has 2 N–H and O–H groups in total. The van der Waals surface area contributed by atoms with Crippen molar-refractivity contribution in [2.24, 2.45) is 19.8 Å². The number of nitrogens with two attached hydrogens (primary N) is 1. The summed E-state index contributed by atoms with van der Waals surface area (Å²) in [4.78, 5) is 4.11. The first kappa shape index (κ1) is 11.9. The van der Waals surface area contributed by atoms with Crippen molar-refractivity contribution < 1.29 is 0 Å². The number of benzene rings is 1. The second kappa shape index (κ2) is 4.51. The Hall–Kier alpha value is -2.14. The summed E-state index contributed by atoms with van der Waals surface area (Å²) < 4.78 is 3.86. The Kier molecular flexibility index (Phi) is 2.83. The molecule has 0 fully saturated rings. The summed E-state index contributed by atoms with van der Waals surface area (Å²) >= 11 is 0. The van der Waals surface area contributed by atoms with Gasteiger partial charge in [-0.1, -0.05) is 18.2 Å². The first-order chi connectivity index (χ1) is 9.16. The number of imidazole rings is 1. The van der Waals surface area contributed by atoms with Gasteiger partial charge in [-0.25, -0.2) is 4.98 Å². The molecule has 0 aliphatic carbocycles. The Bertz CT molecular complexity index is 710. The monoisotopic (exact) mass is 255 g/mol. The first-order valence-corrected chi connectivity index (χ1v) is 6.29. The quantitative estimate of drug-likeness (QED) is 0.772. The van der Waals surface area contributed by atoms with Crippen LogP contribution in [-0.4, -0.2) is 19.3 Å². The van der Waals surface area contributed by atoms with Crippen LogP contribution in [0.3, 0.4) is 0 Å². The molecule has 1 aromatic carbocycles. The fraction of sp³-hybridized carbons (Fsp3) is 0.286. The topological polar surface area (TPSA) is 61.7 Å². The van der Waals surface area contributed by atoms with Gasteiger partial charge in [-0.15, -0.1) is 0 Å². The van der Waals surface area contributed by atoms with Crippen LogP contribution in [0.25, 0.3) is 10.9 Å². The molecule has 3 rings (SSSR count). The number of nitrogens with zero attached hydrogens (tertiary/aromatic N) is 4. The molecule has 1 atom stereocenters. The minimum atomic E-state index is -0.0918. The predicted molar refractivity (Wildman–Crippen MR) is 74.6 cm³/mol. The Morgan fingerprint density at radius 3 is 2.79 bits per heavy atom. The van der Waals surface area contributed by atoms with Crippen LogP contribution in [0.2, 0.25) is 0 Å². The molecule has 5 nitrogen and oxygen atoms in total. The molecule has 0 radical (unpaired) electrons. The third kappa shape index (κ3) is 2.02. The summed E-state index contributed by atoms with van der Waals surface area (Å²) in [7, 11) is 3.92. The molecule has 0 amide bonds. The van der Waals surface area contributed by atoms with E-state index >= 15 is 0 Å². The van der Waals surface area contributed by atoms with E-state index in [0.717, 1.165) is 16.9 Å². The summed E-state index contributed by atoms with van der Waals surface area (Å²) in [6.45, 7) is 0. The van der Waals surface area contributed by atoms with Crippen molar-refractivity contribution in [3.05, 3.63) is 48.2 Å². The van der Waals surface area contributed by atoms with Crippen LogP contribution in [0.15, 0.2) is 36.8 Å². The fourth-order valence-electron chi connectivity index (χ4n) is 2.48. The molecule has 0 aliphatic rings. The predicted octanol–water partition coefficient (Wildman–Crippen LogP) is 1.55. The highest BCUT2D eigenvalue weighted by Gasteiger charge is 2.15. The average Bonchev–Trinajstić information content (AvgIpc) is 2.95. The van der Waals surface area contributed by atoms with Crippen molar-refractivity contribution >= 4 is 10.9 Å². The highest BCUT2D eigenvalue weighted by atomic mass is 15.3. The molecule has 2 aromatic heterocycles. The number of aromatic nitrogens is 4. The van der Waals surface area contributed by atoms with Gasteiger partial charge in [0.05, 0.1) is 29.3 Å². The maximum absolute atomic E-state index is 6.26. The minimum absolute atomic E-state index is 0.0918. The second-order valence-corrected chi connectivity index (χ2v) is 4.83. The zero-order valence-corrected chi connectivity index (χ0v) is 11.1. The number of hydrogen-bond acceptors (Lipinski definition) is 3. The van der Waals surface area contributed by atoms with Crippen LogP contribution in [-0.2, 0) is 20.5 Å². The minimum Gasteiger partial charge on any atom is -0.336 e. The van der Waals surface area contributed by atoms with E-state index in [1.165, 1.54) is 5.39 Å². The third-order valence-corrected chi connectivity index (χ3v) is 3.48. The Labute approximate surface area is 111 Å². The summed E-state index contributed by atoms with van der Waals surface area (Å²) in [6.07, 6.45) is 4.29. The molecule has 0 saturated carbocycles. The first-order valence-electron chi connectivity index (χ1n) is 6.29. The lowest BCUT2D eigenvalue weighted by Crippen LogP contribution is -2.17. The Morgan fingerprint density at radius 1 is 1.26 bits per heavy atom. The van der Waals surface area contributed by atoms with Crippen molar-refractivity contribution in [1.82, 2.24) is 19.3 Å². The standard InChI is InChI=1S/C14H17N5/c1-18-9-16-8-14(18)11(15)7-12-10-5-3-4-6-13(10)19(2)17-12/h3-6,8-9,11H,7,15H2,1-2H3. The van der Waals surface area contributed by atoms with Gasteiger partial charge in [0, 0.05) is 32.1 Å². The summed E-state index contributed by atoms with van der Waals surface area (Å²) in [5.74, 6) is 0. The number of hydrogen-bond donors (Lipinski definition) is 1. The number of fused-ring (bicyclic) bond motifs is 1. The van der Waals surface area contributed by atoms with Crippen LogP contribution < -0.4 is 5.73 Å². The van der Waals surface area contributed by atoms with Gasteiger partial charge < -0.3 is 10.3 Å². The lowest BCUT2D eigenvalue weighted by Gasteiger charge is -2.10. The van der Waals surface area contributed by atoms with Gasteiger partial charge >= 0.3 is 0 Å².